The molecule has 1 heterocycles. The maximum absolute atomic E-state index is 13.3. The molecule has 0 radical (unpaired) electrons. The molecule has 9 heteroatoms. The fraction of sp³-hybridized carbons (Fsp3) is 0.304. The van der Waals surface area contributed by atoms with Gasteiger partial charge in [0.25, 0.3) is 17.4 Å². The number of carbonyl (C=O) groups is 2. The highest BCUT2D eigenvalue weighted by atomic mass is 19.1. The Morgan fingerprint density at radius 2 is 1.81 bits per heavy atom. The second-order valence-corrected chi connectivity index (χ2v) is 7.38. The number of ketones is 1. The normalized spacial score (nSPS) is 17.9. The van der Waals surface area contributed by atoms with Crippen LogP contribution in [0, 0.1) is 15.9 Å². The van der Waals surface area contributed by atoms with Crippen molar-refractivity contribution in [2.45, 2.75) is 19.9 Å². The van der Waals surface area contributed by atoms with Crippen molar-refractivity contribution in [3.63, 3.8) is 0 Å². The number of rotatable bonds is 8. The number of hydrogen-bond donors (Lipinski definition) is 1. The average Bonchev–Trinajstić information content (AvgIpc) is 3.04. The SMILES string of the molecule is CCN(CC)CCN1C(=O)C(=O)/C(=C(/O)c2ccc(F)cc2)C1c1cccc([N+](=O)[O-])c1. The Balaban J connectivity index is 2.13. The Morgan fingerprint density at radius 1 is 1.16 bits per heavy atom. The maximum Gasteiger partial charge on any atom is 0.295 e. The molecule has 1 aliphatic heterocycles. The first-order valence-corrected chi connectivity index (χ1v) is 10.3. The van der Waals surface area contributed by atoms with Gasteiger partial charge in [0.1, 0.15) is 11.6 Å². The second kappa shape index (κ2) is 9.69. The van der Waals surface area contributed by atoms with E-state index in [1.807, 2.05) is 13.8 Å². The van der Waals surface area contributed by atoms with E-state index in [1.54, 1.807) is 6.07 Å². The predicted molar refractivity (Wildman–Crippen MR) is 116 cm³/mol. The Bertz CT molecular complexity index is 1060. The molecule has 0 saturated carbocycles. The molecular weight excluding hydrogens is 417 g/mol. The number of halogens is 1. The number of likely N-dealkylation sites (tertiary alicyclic amines) is 1. The topological polar surface area (TPSA) is 104 Å². The number of non-ortho nitro benzene ring substituents is 1. The van der Waals surface area contributed by atoms with Gasteiger partial charge in [-0.05, 0) is 42.9 Å². The quantitative estimate of drug-likeness (QED) is 0.221. The van der Waals surface area contributed by atoms with Crippen LogP contribution >= 0.6 is 0 Å². The van der Waals surface area contributed by atoms with Crippen molar-refractivity contribution < 1.29 is 24.0 Å². The van der Waals surface area contributed by atoms with Crippen molar-refractivity contribution in [1.29, 1.82) is 0 Å². The van der Waals surface area contributed by atoms with Gasteiger partial charge >= 0.3 is 0 Å². The van der Waals surface area contributed by atoms with Crippen molar-refractivity contribution in [1.82, 2.24) is 9.80 Å². The van der Waals surface area contributed by atoms with E-state index in [2.05, 4.69) is 4.90 Å². The number of hydrogen-bond acceptors (Lipinski definition) is 6. The van der Waals surface area contributed by atoms with E-state index >= 15 is 0 Å². The number of likely N-dealkylation sites (N-methyl/N-ethyl adjacent to an activating group) is 1. The van der Waals surface area contributed by atoms with Crippen LogP contribution in [-0.4, -0.2) is 57.7 Å². The van der Waals surface area contributed by atoms with Crippen molar-refractivity contribution in [3.05, 3.63) is 81.2 Å². The molecule has 1 atom stereocenters. The molecule has 32 heavy (non-hydrogen) atoms. The summed E-state index contributed by atoms with van der Waals surface area (Å²) in [6.07, 6.45) is 0. The molecule has 1 aliphatic rings. The second-order valence-electron chi connectivity index (χ2n) is 7.38. The molecule has 168 valence electrons. The van der Waals surface area contributed by atoms with Crippen LogP contribution in [0.25, 0.3) is 5.76 Å². The monoisotopic (exact) mass is 441 g/mol. The summed E-state index contributed by atoms with van der Waals surface area (Å²) in [7, 11) is 0. The van der Waals surface area contributed by atoms with Crippen LogP contribution in [0.4, 0.5) is 10.1 Å². The molecule has 1 unspecified atom stereocenters. The fourth-order valence-corrected chi connectivity index (χ4v) is 3.82. The van der Waals surface area contributed by atoms with Crippen molar-refractivity contribution >= 4 is 23.1 Å². The minimum absolute atomic E-state index is 0.170. The summed E-state index contributed by atoms with van der Waals surface area (Å²) >= 11 is 0. The molecule has 8 nitrogen and oxygen atoms in total. The summed E-state index contributed by atoms with van der Waals surface area (Å²) in [5.74, 6) is -2.65. The lowest BCUT2D eigenvalue weighted by molar-refractivity contribution is -0.384. The van der Waals surface area contributed by atoms with E-state index in [0.717, 1.165) is 25.2 Å². The van der Waals surface area contributed by atoms with Gasteiger partial charge in [0, 0.05) is 30.8 Å². The molecule has 1 saturated heterocycles. The average molecular weight is 441 g/mol. The predicted octanol–water partition coefficient (Wildman–Crippen LogP) is 3.50. The molecule has 2 aromatic carbocycles. The Labute approximate surface area is 184 Å². The molecule has 0 aliphatic carbocycles. The lowest BCUT2D eigenvalue weighted by Gasteiger charge is -2.28. The van der Waals surface area contributed by atoms with Crippen LogP contribution in [0.5, 0.6) is 0 Å². The third-order valence-electron chi connectivity index (χ3n) is 5.61. The van der Waals surface area contributed by atoms with E-state index < -0.39 is 34.2 Å². The van der Waals surface area contributed by atoms with Crippen molar-refractivity contribution in [2.24, 2.45) is 0 Å². The zero-order valence-electron chi connectivity index (χ0n) is 17.8. The molecular formula is C23H24FN3O5. The van der Waals surface area contributed by atoms with Gasteiger partial charge in [-0.1, -0.05) is 26.0 Å². The molecule has 0 aromatic heterocycles. The molecule has 1 N–H and O–H groups in total. The first-order chi connectivity index (χ1) is 15.3. The fourth-order valence-electron chi connectivity index (χ4n) is 3.82. The first-order valence-electron chi connectivity index (χ1n) is 10.3. The molecule has 3 rings (SSSR count). The Hall–Kier alpha value is -3.59. The third-order valence-corrected chi connectivity index (χ3v) is 5.61. The van der Waals surface area contributed by atoms with Crippen LogP contribution < -0.4 is 0 Å². The zero-order chi connectivity index (χ0) is 23.4. The van der Waals surface area contributed by atoms with Crippen LogP contribution in [0.2, 0.25) is 0 Å². The first kappa shape index (κ1) is 23.1. The van der Waals surface area contributed by atoms with Gasteiger partial charge in [0.05, 0.1) is 16.5 Å². The van der Waals surface area contributed by atoms with Crippen LogP contribution in [0.1, 0.15) is 31.0 Å². The highest BCUT2D eigenvalue weighted by Gasteiger charge is 2.46. The summed E-state index contributed by atoms with van der Waals surface area (Å²) in [5, 5.41) is 22.2. The lowest BCUT2D eigenvalue weighted by atomic mass is 9.95. The zero-order valence-corrected chi connectivity index (χ0v) is 17.8. The number of aliphatic hydroxyl groups excluding tert-OH is 1. The lowest BCUT2D eigenvalue weighted by Crippen LogP contribution is -2.38. The molecule has 0 bridgehead atoms. The maximum atomic E-state index is 13.3. The van der Waals surface area contributed by atoms with Crippen molar-refractivity contribution in [3.8, 4) is 0 Å². The highest BCUT2D eigenvalue weighted by molar-refractivity contribution is 6.46. The van der Waals surface area contributed by atoms with Gasteiger partial charge in [0.15, 0.2) is 0 Å². The number of nitrogens with zero attached hydrogens (tertiary/aromatic N) is 3. The summed E-state index contributed by atoms with van der Waals surface area (Å²) in [6.45, 7) is 6.13. The largest absolute Gasteiger partial charge is 0.507 e. The number of amides is 1. The van der Waals surface area contributed by atoms with E-state index in [-0.39, 0.29) is 23.4 Å². The van der Waals surface area contributed by atoms with Gasteiger partial charge in [-0.15, -0.1) is 0 Å². The molecule has 0 spiro atoms. The van der Waals surface area contributed by atoms with E-state index in [4.69, 9.17) is 0 Å². The number of Topliss-reactive ketones (excluding diaryl/α,β-unsaturated/α-hetero) is 1. The van der Waals surface area contributed by atoms with E-state index in [1.165, 1.54) is 35.2 Å². The van der Waals surface area contributed by atoms with Gasteiger partial charge in [-0.2, -0.15) is 0 Å². The van der Waals surface area contributed by atoms with Gasteiger partial charge in [-0.25, -0.2) is 4.39 Å². The summed E-state index contributed by atoms with van der Waals surface area (Å²) < 4.78 is 13.3. The summed E-state index contributed by atoms with van der Waals surface area (Å²) in [5.41, 5.74) is 0.130. The van der Waals surface area contributed by atoms with E-state index in [0.29, 0.717) is 12.1 Å². The van der Waals surface area contributed by atoms with Crippen LogP contribution in [0.3, 0.4) is 0 Å². The van der Waals surface area contributed by atoms with E-state index in [9.17, 15) is 29.2 Å². The number of benzene rings is 2. The van der Waals surface area contributed by atoms with Crippen molar-refractivity contribution in [2.75, 3.05) is 26.2 Å². The van der Waals surface area contributed by atoms with Gasteiger partial charge in [-0.3, -0.25) is 19.7 Å². The van der Waals surface area contributed by atoms with Gasteiger partial charge < -0.3 is 14.9 Å². The Kier molecular flexibility index (Phi) is 6.99. The standard InChI is InChI=1S/C23H24FN3O5/c1-3-25(4-2)12-13-26-20(16-6-5-7-18(14-16)27(31)32)19(22(29)23(26)30)21(28)15-8-10-17(24)11-9-15/h5-11,14,20,28H,3-4,12-13H2,1-2H3/b21-19+. The van der Waals surface area contributed by atoms with Crippen LogP contribution in [-0.2, 0) is 9.59 Å². The number of nitro benzene ring substituents is 1. The smallest absolute Gasteiger partial charge is 0.295 e. The van der Waals surface area contributed by atoms with Crippen LogP contribution in [0.15, 0.2) is 54.1 Å². The third kappa shape index (κ3) is 4.52. The number of carbonyl (C=O) groups excluding carboxylic acids is 2. The minimum Gasteiger partial charge on any atom is -0.507 e. The molecule has 1 fully saturated rings. The Morgan fingerprint density at radius 3 is 2.41 bits per heavy atom. The number of aliphatic hydroxyl groups is 1. The minimum atomic E-state index is -1.00. The summed E-state index contributed by atoms with van der Waals surface area (Å²) in [4.78, 5) is 40.0. The molecule has 1 amide bonds. The summed E-state index contributed by atoms with van der Waals surface area (Å²) in [6, 6.07) is 9.51. The van der Waals surface area contributed by atoms with Gasteiger partial charge in [0.2, 0.25) is 0 Å². The number of nitro groups is 1. The highest BCUT2D eigenvalue weighted by Crippen LogP contribution is 2.40. The molecule has 2 aromatic rings.